The van der Waals surface area contributed by atoms with Crippen LogP contribution in [0.2, 0.25) is 0 Å². The zero-order valence-corrected chi connectivity index (χ0v) is 24.8. The molecule has 6 aromatic rings. The van der Waals surface area contributed by atoms with Crippen molar-refractivity contribution in [3.8, 4) is 0 Å². The molecule has 0 aliphatic carbocycles. The number of anilines is 6. The lowest BCUT2D eigenvalue weighted by atomic mass is 9.72. The van der Waals surface area contributed by atoms with E-state index in [2.05, 4.69) is 0 Å². The molecule has 0 aliphatic rings. The molecule has 0 fully saturated rings. The first-order chi connectivity index (χ1) is 22.6. The predicted molar refractivity (Wildman–Crippen MR) is 175 cm³/mol. The van der Waals surface area contributed by atoms with Crippen LogP contribution in [0.4, 0.5) is 60.5 Å². The van der Waals surface area contributed by atoms with Gasteiger partial charge in [-0.25, -0.2) is 0 Å². The summed E-state index contributed by atoms with van der Waals surface area (Å²) in [7, 11) is 0. The van der Waals surface area contributed by atoms with E-state index < -0.39 is 28.9 Å². The molecule has 0 atom stereocenters. The first-order valence-corrected chi connectivity index (χ1v) is 14.8. The third kappa shape index (κ3) is 5.94. The van der Waals surface area contributed by atoms with Crippen molar-refractivity contribution in [2.24, 2.45) is 0 Å². The number of hydrogen-bond donors (Lipinski definition) is 0. The van der Waals surface area contributed by atoms with Gasteiger partial charge in [0.15, 0.2) is 0 Å². The van der Waals surface area contributed by atoms with Crippen molar-refractivity contribution in [2.45, 2.75) is 17.8 Å². The average molecular weight is 639 g/mol. The second-order valence-electron chi connectivity index (χ2n) is 10.9. The van der Waals surface area contributed by atoms with Crippen molar-refractivity contribution in [1.29, 1.82) is 0 Å². The van der Waals surface area contributed by atoms with Gasteiger partial charge in [0, 0.05) is 34.1 Å². The highest BCUT2D eigenvalue weighted by Gasteiger charge is 2.72. The Balaban J connectivity index is 1.47. The van der Waals surface area contributed by atoms with Crippen LogP contribution in [0, 0.1) is 0 Å². The molecule has 0 saturated carbocycles. The molecule has 0 radical (unpaired) electrons. The number of rotatable bonds is 8. The minimum absolute atomic E-state index is 0.404. The van der Waals surface area contributed by atoms with Crippen LogP contribution in [0.15, 0.2) is 170 Å². The van der Waals surface area contributed by atoms with E-state index in [1.807, 2.05) is 72.8 Å². The van der Waals surface area contributed by atoms with E-state index >= 15 is 26.3 Å². The number of nitrogens with zero attached hydrogens (tertiary/aromatic N) is 2. The van der Waals surface area contributed by atoms with Crippen molar-refractivity contribution >= 4 is 34.1 Å². The highest BCUT2D eigenvalue weighted by atomic mass is 19.4. The van der Waals surface area contributed by atoms with Crippen molar-refractivity contribution in [2.75, 3.05) is 9.80 Å². The number of alkyl halides is 6. The van der Waals surface area contributed by atoms with Gasteiger partial charge in [0.25, 0.3) is 0 Å². The van der Waals surface area contributed by atoms with Crippen LogP contribution in [0.3, 0.4) is 0 Å². The van der Waals surface area contributed by atoms with Gasteiger partial charge in [-0.3, -0.25) is 0 Å². The maximum Gasteiger partial charge on any atom is 0.411 e. The predicted octanol–water partition coefficient (Wildman–Crippen LogP) is 12.0. The molecule has 0 heterocycles. The first-order valence-electron chi connectivity index (χ1n) is 14.8. The van der Waals surface area contributed by atoms with Crippen LogP contribution in [0.5, 0.6) is 0 Å². The summed E-state index contributed by atoms with van der Waals surface area (Å²) in [6, 6.07) is 45.1. The van der Waals surface area contributed by atoms with Crippen molar-refractivity contribution in [3.05, 3.63) is 181 Å². The number of para-hydroxylation sites is 4. The van der Waals surface area contributed by atoms with Gasteiger partial charge in [-0.05, 0) is 83.9 Å². The smallest absolute Gasteiger partial charge is 0.311 e. The number of benzene rings is 6. The lowest BCUT2D eigenvalue weighted by Gasteiger charge is -2.39. The average Bonchev–Trinajstić information content (AvgIpc) is 3.07. The molecule has 0 amide bonds. The fourth-order valence-corrected chi connectivity index (χ4v) is 5.91. The molecule has 6 rings (SSSR count). The monoisotopic (exact) mass is 638 g/mol. The zero-order valence-electron chi connectivity index (χ0n) is 24.8. The summed E-state index contributed by atoms with van der Waals surface area (Å²) in [5, 5.41) is 0. The molecule has 0 N–H and O–H groups in total. The molecule has 0 aromatic heterocycles. The van der Waals surface area contributed by atoms with Gasteiger partial charge in [0.1, 0.15) is 0 Å². The van der Waals surface area contributed by atoms with Crippen LogP contribution < -0.4 is 9.80 Å². The molecule has 0 bridgehead atoms. The van der Waals surface area contributed by atoms with Gasteiger partial charge < -0.3 is 9.80 Å². The summed E-state index contributed by atoms with van der Waals surface area (Å²) in [4.78, 5) is 3.53. The van der Waals surface area contributed by atoms with E-state index in [1.165, 1.54) is 24.3 Å². The highest BCUT2D eigenvalue weighted by molar-refractivity contribution is 5.78. The lowest BCUT2D eigenvalue weighted by molar-refractivity contribution is -0.288. The summed E-state index contributed by atoms with van der Waals surface area (Å²) in [6.45, 7) is 0. The third-order valence-electron chi connectivity index (χ3n) is 8.03. The Morgan fingerprint density at radius 1 is 0.277 bits per heavy atom. The molecule has 0 unspecified atom stereocenters. The second-order valence-corrected chi connectivity index (χ2v) is 10.9. The zero-order chi connectivity index (χ0) is 33.1. The van der Waals surface area contributed by atoms with Gasteiger partial charge in [-0.1, -0.05) is 97.1 Å². The largest absolute Gasteiger partial charge is 0.411 e. The van der Waals surface area contributed by atoms with E-state index in [1.54, 1.807) is 58.3 Å². The Labute approximate surface area is 268 Å². The van der Waals surface area contributed by atoms with Crippen LogP contribution in [0.1, 0.15) is 11.1 Å². The van der Waals surface area contributed by atoms with Gasteiger partial charge in [-0.2, -0.15) is 26.3 Å². The molecule has 47 heavy (non-hydrogen) atoms. The molecular weight excluding hydrogens is 610 g/mol. The van der Waals surface area contributed by atoms with E-state index in [9.17, 15) is 0 Å². The molecule has 0 aliphatic heterocycles. The van der Waals surface area contributed by atoms with Gasteiger partial charge in [0.2, 0.25) is 5.41 Å². The first kappa shape index (κ1) is 31.5. The van der Waals surface area contributed by atoms with E-state index in [4.69, 9.17) is 0 Å². The molecule has 8 heteroatoms. The van der Waals surface area contributed by atoms with Crippen LogP contribution in [0.25, 0.3) is 0 Å². The molecule has 2 nitrogen and oxygen atoms in total. The number of hydrogen-bond acceptors (Lipinski definition) is 2. The summed E-state index contributed by atoms with van der Waals surface area (Å²) >= 11 is 0. The maximum atomic E-state index is 15.1. The van der Waals surface area contributed by atoms with E-state index in [0.29, 0.717) is 34.1 Å². The Hall–Kier alpha value is -5.50. The second kappa shape index (κ2) is 12.7. The van der Waals surface area contributed by atoms with Crippen molar-refractivity contribution in [3.63, 3.8) is 0 Å². The topological polar surface area (TPSA) is 6.48 Å². The minimum atomic E-state index is -5.72. The van der Waals surface area contributed by atoms with Crippen LogP contribution in [-0.2, 0) is 5.41 Å². The lowest BCUT2D eigenvalue weighted by Crippen LogP contribution is -2.54. The standard InChI is InChI=1S/C39H28F6N2/c40-38(41,42)37(39(43,44)45,29-21-25-35(26-22-29)46(31-13-5-1-6-14-31)32-15-7-2-8-16-32)30-23-27-36(28-24-30)47(33-17-9-3-10-18-33)34-19-11-4-12-20-34/h1-28H. The molecule has 0 saturated heterocycles. The van der Waals surface area contributed by atoms with Gasteiger partial charge in [0.05, 0.1) is 0 Å². The van der Waals surface area contributed by atoms with Crippen molar-refractivity contribution < 1.29 is 26.3 Å². The van der Waals surface area contributed by atoms with Crippen LogP contribution >= 0.6 is 0 Å². The fourth-order valence-electron chi connectivity index (χ4n) is 5.91. The molecule has 236 valence electrons. The Morgan fingerprint density at radius 3 is 0.702 bits per heavy atom. The highest BCUT2D eigenvalue weighted by Crippen LogP contribution is 2.56. The van der Waals surface area contributed by atoms with Crippen LogP contribution in [-0.4, -0.2) is 12.4 Å². The Bertz CT molecular complexity index is 1650. The molecular formula is C39H28F6N2. The SMILES string of the molecule is FC(F)(F)C(c1ccc(N(c2ccccc2)c2ccccc2)cc1)(c1ccc(N(c2ccccc2)c2ccccc2)cc1)C(F)(F)F. The summed E-state index contributed by atoms with van der Waals surface area (Å²) in [6.07, 6.45) is -11.4. The molecule has 6 aromatic carbocycles. The fraction of sp³-hybridized carbons (Fsp3) is 0.0769. The van der Waals surface area contributed by atoms with E-state index in [-0.39, 0.29) is 0 Å². The summed E-state index contributed by atoms with van der Waals surface area (Å²) < 4.78 is 90.5. The molecule has 0 spiro atoms. The summed E-state index contributed by atoms with van der Waals surface area (Å²) in [5.41, 5.74) is -2.56. The van der Waals surface area contributed by atoms with Gasteiger partial charge >= 0.3 is 12.4 Å². The Morgan fingerprint density at radius 2 is 0.489 bits per heavy atom. The maximum absolute atomic E-state index is 15.1. The quantitative estimate of drug-likeness (QED) is 0.153. The minimum Gasteiger partial charge on any atom is -0.311 e. The summed E-state index contributed by atoms with van der Waals surface area (Å²) in [5.74, 6) is 0. The van der Waals surface area contributed by atoms with Gasteiger partial charge in [-0.15, -0.1) is 0 Å². The Kier molecular flexibility index (Phi) is 8.52. The normalized spacial score (nSPS) is 12.0. The number of halogens is 6. The van der Waals surface area contributed by atoms with E-state index in [0.717, 1.165) is 24.3 Å². The van der Waals surface area contributed by atoms with Crippen molar-refractivity contribution in [1.82, 2.24) is 0 Å². The third-order valence-corrected chi connectivity index (χ3v) is 8.03.